The fraction of sp³-hybridized carbons (Fsp3) is 0.429. The van der Waals surface area contributed by atoms with Crippen molar-refractivity contribution in [2.75, 3.05) is 13.1 Å². The third-order valence-electron chi connectivity index (χ3n) is 5.34. The van der Waals surface area contributed by atoms with Crippen LogP contribution in [0, 0.1) is 13.8 Å². The Morgan fingerprint density at radius 2 is 2.07 bits per heavy atom. The van der Waals surface area contributed by atoms with E-state index in [1.807, 2.05) is 19.9 Å². The SMILES string of the molecule is Cc1nc2ncnn2c(C)c1CCC(=O)O[C@@H]1CCN(Cc2ccccc2)C1. The van der Waals surface area contributed by atoms with E-state index in [1.165, 1.54) is 11.9 Å². The number of aryl methyl sites for hydroxylation is 2. The van der Waals surface area contributed by atoms with Crippen LogP contribution >= 0.6 is 0 Å². The Bertz CT molecular complexity index is 970. The van der Waals surface area contributed by atoms with E-state index in [1.54, 1.807) is 4.52 Å². The summed E-state index contributed by atoms with van der Waals surface area (Å²) in [7, 11) is 0. The first-order valence-corrected chi connectivity index (χ1v) is 9.71. The summed E-state index contributed by atoms with van der Waals surface area (Å²) in [4.78, 5) is 23.3. The van der Waals surface area contributed by atoms with E-state index >= 15 is 0 Å². The van der Waals surface area contributed by atoms with Crippen molar-refractivity contribution in [1.29, 1.82) is 0 Å². The van der Waals surface area contributed by atoms with E-state index in [-0.39, 0.29) is 12.1 Å². The predicted octanol–water partition coefficient (Wildman–Crippen LogP) is 2.49. The second kappa shape index (κ2) is 8.06. The average molecular weight is 379 g/mol. The van der Waals surface area contributed by atoms with Gasteiger partial charge >= 0.3 is 5.97 Å². The lowest BCUT2D eigenvalue weighted by Crippen LogP contribution is -2.25. The van der Waals surface area contributed by atoms with Crippen LogP contribution in [0.15, 0.2) is 36.7 Å². The van der Waals surface area contributed by atoms with E-state index in [4.69, 9.17) is 4.74 Å². The summed E-state index contributed by atoms with van der Waals surface area (Å²) in [5.74, 6) is 0.440. The number of hydrogen-bond acceptors (Lipinski definition) is 6. The fourth-order valence-corrected chi connectivity index (χ4v) is 3.87. The fourth-order valence-electron chi connectivity index (χ4n) is 3.87. The molecule has 3 heterocycles. The van der Waals surface area contributed by atoms with E-state index in [2.05, 4.69) is 44.2 Å². The predicted molar refractivity (Wildman–Crippen MR) is 105 cm³/mol. The Morgan fingerprint density at radius 1 is 1.25 bits per heavy atom. The second-order valence-electron chi connectivity index (χ2n) is 7.35. The molecule has 7 nitrogen and oxygen atoms in total. The standard InChI is InChI=1S/C21H25N5O2/c1-15-19(16(2)26-21(24-15)22-14-23-26)8-9-20(27)28-18-10-11-25(13-18)12-17-6-4-3-5-7-17/h3-7,14,18H,8-13H2,1-2H3/t18-/m1/s1. The highest BCUT2D eigenvalue weighted by Gasteiger charge is 2.25. The van der Waals surface area contributed by atoms with E-state index in [0.717, 1.165) is 43.0 Å². The van der Waals surface area contributed by atoms with Crippen LogP contribution in [-0.2, 0) is 22.5 Å². The molecule has 0 saturated carbocycles. The molecule has 4 rings (SSSR count). The molecule has 1 aliphatic rings. The molecule has 1 fully saturated rings. The molecule has 28 heavy (non-hydrogen) atoms. The van der Waals surface area contributed by atoms with Gasteiger partial charge in [0.05, 0.1) is 0 Å². The van der Waals surface area contributed by atoms with Crippen molar-refractivity contribution in [2.45, 2.75) is 45.8 Å². The number of esters is 1. The van der Waals surface area contributed by atoms with Crippen LogP contribution in [0.3, 0.4) is 0 Å². The molecule has 0 unspecified atom stereocenters. The molecule has 0 radical (unpaired) electrons. The molecule has 146 valence electrons. The number of likely N-dealkylation sites (tertiary alicyclic amines) is 1. The van der Waals surface area contributed by atoms with Crippen molar-refractivity contribution in [2.24, 2.45) is 0 Å². The van der Waals surface area contributed by atoms with Gasteiger partial charge in [0.25, 0.3) is 5.78 Å². The smallest absolute Gasteiger partial charge is 0.306 e. The maximum Gasteiger partial charge on any atom is 0.306 e. The zero-order chi connectivity index (χ0) is 19.5. The molecule has 7 heteroatoms. The van der Waals surface area contributed by atoms with Gasteiger partial charge in [-0.2, -0.15) is 10.1 Å². The number of ether oxygens (including phenoxy) is 1. The molecule has 0 bridgehead atoms. The number of hydrogen-bond donors (Lipinski definition) is 0. The number of carbonyl (C=O) groups is 1. The summed E-state index contributed by atoms with van der Waals surface area (Å²) in [5.41, 5.74) is 4.19. The summed E-state index contributed by atoms with van der Waals surface area (Å²) in [5, 5.41) is 4.19. The average Bonchev–Trinajstić information content (AvgIpc) is 3.32. The minimum absolute atomic E-state index is 0.0191. The Kier molecular flexibility index (Phi) is 5.34. The molecule has 2 aromatic heterocycles. The van der Waals surface area contributed by atoms with Gasteiger partial charge in [-0.3, -0.25) is 9.69 Å². The normalized spacial score (nSPS) is 17.3. The van der Waals surface area contributed by atoms with E-state index < -0.39 is 0 Å². The highest BCUT2D eigenvalue weighted by Crippen LogP contribution is 2.18. The first kappa shape index (κ1) is 18.6. The topological polar surface area (TPSA) is 72.6 Å². The van der Waals surface area contributed by atoms with Crippen LogP contribution in [0.1, 0.15) is 35.4 Å². The summed E-state index contributed by atoms with van der Waals surface area (Å²) in [6, 6.07) is 10.4. The van der Waals surface area contributed by atoms with E-state index in [9.17, 15) is 4.79 Å². The molecule has 3 aromatic rings. The van der Waals surface area contributed by atoms with Crippen molar-refractivity contribution in [1.82, 2.24) is 24.5 Å². The first-order chi connectivity index (χ1) is 13.6. The molecular formula is C21H25N5O2. The van der Waals surface area contributed by atoms with E-state index in [0.29, 0.717) is 18.6 Å². The Balaban J connectivity index is 1.29. The van der Waals surface area contributed by atoms with Crippen LogP contribution in [0.2, 0.25) is 0 Å². The number of fused-ring (bicyclic) bond motifs is 1. The lowest BCUT2D eigenvalue weighted by Gasteiger charge is -2.16. The maximum atomic E-state index is 12.4. The number of nitrogens with zero attached hydrogens (tertiary/aromatic N) is 5. The van der Waals surface area contributed by atoms with Crippen LogP contribution < -0.4 is 0 Å². The van der Waals surface area contributed by atoms with Crippen molar-refractivity contribution in [3.8, 4) is 0 Å². The van der Waals surface area contributed by atoms with Crippen molar-refractivity contribution < 1.29 is 9.53 Å². The van der Waals surface area contributed by atoms with Crippen molar-refractivity contribution in [3.05, 3.63) is 59.2 Å². The largest absolute Gasteiger partial charge is 0.461 e. The van der Waals surface area contributed by atoms with Gasteiger partial charge in [-0.25, -0.2) is 9.50 Å². The number of benzene rings is 1. The quantitative estimate of drug-likeness (QED) is 0.613. The van der Waals surface area contributed by atoms with Gasteiger partial charge in [0, 0.05) is 37.4 Å². The molecule has 1 aliphatic heterocycles. The maximum absolute atomic E-state index is 12.4. The monoisotopic (exact) mass is 379 g/mol. The lowest BCUT2D eigenvalue weighted by atomic mass is 10.1. The zero-order valence-corrected chi connectivity index (χ0v) is 16.3. The van der Waals surface area contributed by atoms with Crippen molar-refractivity contribution in [3.63, 3.8) is 0 Å². The summed E-state index contributed by atoms with van der Waals surface area (Å²) in [6.45, 7) is 6.58. The highest BCUT2D eigenvalue weighted by molar-refractivity contribution is 5.70. The van der Waals surface area contributed by atoms with Crippen LogP contribution in [-0.4, -0.2) is 49.6 Å². The Labute approximate surface area is 164 Å². The Morgan fingerprint density at radius 3 is 2.89 bits per heavy atom. The first-order valence-electron chi connectivity index (χ1n) is 9.71. The third kappa shape index (κ3) is 4.04. The number of carbonyl (C=O) groups excluding carboxylic acids is 1. The molecule has 1 saturated heterocycles. The van der Waals surface area contributed by atoms with Gasteiger partial charge < -0.3 is 4.74 Å². The molecule has 0 aliphatic carbocycles. The Hall–Kier alpha value is -2.80. The minimum Gasteiger partial charge on any atom is -0.461 e. The molecule has 0 amide bonds. The van der Waals surface area contributed by atoms with Crippen LogP contribution in [0.4, 0.5) is 0 Å². The third-order valence-corrected chi connectivity index (χ3v) is 5.34. The van der Waals surface area contributed by atoms with Gasteiger partial charge in [-0.1, -0.05) is 30.3 Å². The van der Waals surface area contributed by atoms with Gasteiger partial charge in [0.2, 0.25) is 0 Å². The van der Waals surface area contributed by atoms with Gasteiger partial charge in [0.1, 0.15) is 12.4 Å². The number of rotatable bonds is 6. The molecule has 1 aromatic carbocycles. The number of aromatic nitrogens is 4. The lowest BCUT2D eigenvalue weighted by molar-refractivity contribution is -0.148. The molecular weight excluding hydrogens is 354 g/mol. The molecule has 0 N–H and O–H groups in total. The van der Waals surface area contributed by atoms with Gasteiger partial charge in [-0.15, -0.1) is 0 Å². The summed E-state index contributed by atoms with van der Waals surface area (Å²) < 4.78 is 7.43. The zero-order valence-electron chi connectivity index (χ0n) is 16.3. The highest BCUT2D eigenvalue weighted by atomic mass is 16.5. The van der Waals surface area contributed by atoms with Gasteiger partial charge in [-0.05, 0) is 37.8 Å². The van der Waals surface area contributed by atoms with Crippen LogP contribution in [0.25, 0.3) is 5.78 Å². The van der Waals surface area contributed by atoms with Crippen molar-refractivity contribution >= 4 is 11.7 Å². The van der Waals surface area contributed by atoms with Gasteiger partial charge in [0.15, 0.2) is 0 Å². The second-order valence-corrected chi connectivity index (χ2v) is 7.35. The minimum atomic E-state index is -0.149. The summed E-state index contributed by atoms with van der Waals surface area (Å²) >= 11 is 0. The molecule has 0 spiro atoms. The van der Waals surface area contributed by atoms with Crippen LogP contribution in [0.5, 0.6) is 0 Å². The molecule has 1 atom stereocenters. The summed E-state index contributed by atoms with van der Waals surface area (Å²) in [6.07, 6.45) is 3.31.